The molecular formula is C30H52O3. The average molecular weight is 461 g/mol. The van der Waals surface area contributed by atoms with Crippen LogP contribution in [0.25, 0.3) is 0 Å². The number of carboxylic acids is 1. The minimum atomic E-state index is -0.695. The summed E-state index contributed by atoms with van der Waals surface area (Å²) in [6.45, 7) is 6.19. The topological polar surface area (TPSA) is 57.5 Å². The van der Waals surface area contributed by atoms with E-state index in [4.69, 9.17) is 0 Å². The Balaban J connectivity index is 2.07. The number of hydrogen-bond acceptors (Lipinski definition) is 2. The third-order valence-electron chi connectivity index (χ3n) is 7.06. The number of hydrogen-bond donors (Lipinski definition) is 2. The monoisotopic (exact) mass is 460 g/mol. The van der Waals surface area contributed by atoms with Gasteiger partial charge in [-0.05, 0) is 42.9 Å². The van der Waals surface area contributed by atoms with Crippen LogP contribution < -0.4 is 0 Å². The van der Waals surface area contributed by atoms with E-state index in [0.717, 1.165) is 42.4 Å². The van der Waals surface area contributed by atoms with E-state index in [1.54, 1.807) is 0 Å². The molecule has 0 aliphatic heterocycles. The minimum absolute atomic E-state index is 0.328. The van der Waals surface area contributed by atoms with Gasteiger partial charge < -0.3 is 10.2 Å². The standard InChI is InChI=1S/C30H52O3/c1-4-6-7-8-9-10-11-12-13-14-15-16-17-18-19-20-21-28(30(32)33)24-26-22-25(3)29(31)27(5-2)23-26/h22-23,28,31H,4-21,24H2,1-3H3,(H,32,33). The highest BCUT2D eigenvalue weighted by Gasteiger charge is 2.18. The molecule has 0 heterocycles. The highest BCUT2D eigenvalue weighted by atomic mass is 16.4. The second-order valence-corrected chi connectivity index (χ2v) is 10.1. The third kappa shape index (κ3) is 13.7. The average Bonchev–Trinajstić information content (AvgIpc) is 2.79. The summed E-state index contributed by atoms with van der Waals surface area (Å²) in [5.74, 6) is -0.670. The molecule has 0 spiro atoms. The SMILES string of the molecule is CCCCCCCCCCCCCCCCCCC(Cc1cc(C)c(O)c(CC)c1)C(=O)O. The van der Waals surface area contributed by atoms with E-state index in [0.29, 0.717) is 12.2 Å². The van der Waals surface area contributed by atoms with Crippen molar-refractivity contribution in [1.29, 1.82) is 0 Å². The number of aliphatic carboxylic acids is 1. The molecule has 33 heavy (non-hydrogen) atoms. The van der Waals surface area contributed by atoms with Crippen molar-refractivity contribution in [2.45, 2.75) is 143 Å². The summed E-state index contributed by atoms with van der Waals surface area (Å²) in [5.41, 5.74) is 2.79. The van der Waals surface area contributed by atoms with Gasteiger partial charge in [0.1, 0.15) is 5.75 Å². The molecule has 1 rings (SSSR count). The maximum Gasteiger partial charge on any atom is 0.306 e. The second kappa shape index (κ2) is 18.9. The summed E-state index contributed by atoms with van der Waals surface area (Å²) in [5, 5.41) is 19.8. The molecule has 3 heteroatoms. The molecule has 1 aromatic rings. The Morgan fingerprint density at radius 1 is 0.758 bits per heavy atom. The van der Waals surface area contributed by atoms with Crippen LogP contribution in [0.3, 0.4) is 0 Å². The van der Waals surface area contributed by atoms with E-state index in [-0.39, 0.29) is 5.92 Å². The van der Waals surface area contributed by atoms with E-state index < -0.39 is 5.97 Å². The van der Waals surface area contributed by atoms with Crippen molar-refractivity contribution in [3.8, 4) is 5.75 Å². The minimum Gasteiger partial charge on any atom is -0.507 e. The number of aromatic hydroxyl groups is 1. The summed E-state index contributed by atoms with van der Waals surface area (Å²) in [6.07, 6.45) is 23.4. The van der Waals surface area contributed by atoms with Gasteiger partial charge in [0, 0.05) is 0 Å². The fraction of sp³-hybridized carbons (Fsp3) is 0.767. The Hall–Kier alpha value is -1.51. The third-order valence-corrected chi connectivity index (χ3v) is 7.06. The highest BCUT2D eigenvalue weighted by molar-refractivity contribution is 5.70. The molecule has 0 saturated heterocycles. The van der Waals surface area contributed by atoms with E-state index in [2.05, 4.69) is 6.92 Å². The van der Waals surface area contributed by atoms with Crippen molar-refractivity contribution in [2.75, 3.05) is 0 Å². The Morgan fingerprint density at radius 2 is 1.21 bits per heavy atom. The fourth-order valence-electron chi connectivity index (χ4n) is 4.86. The van der Waals surface area contributed by atoms with Crippen LogP contribution in [0.5, 0.6) is 5.75 Å². The Kier molecular flexibility index (Phi) is 16.9. The lowest BCUT2D eigenvalue weighted by Gasteiger charge is -2.15. The fourth-order valence-corrected chi connectivity index (χ4v) is 4.86. The van der Waals surface area contributed by atoms with Gasteiger partial charge in [-0.1, -0.05) is 129 Å². The van der Waals surface area contributed by atoms with Crippen LogP contribution in [0, 0.1) is 12.8 Å². The van der Waals surface area contributed by atoms with Crippen molar-refractivity contribution in [1.82, 2.24) is 0 Å². The molecule has 3 nitrogen and oxygen atoms in total. The van der Waals surface area contributed by atoms with E-state index in [1.165, 1.54) is 89.9 Å². The Labute approximate surface area is 204 Å². The normalized spacial score (nSPS) is 12.2. The zero-order valence-corrected chi connectivity index (χ0v) is 22.0. The van der Waals surface area contributed by atoms with Crippen LogP contribution >= 0.6 is 0 Å². The van der Waals surface area contributed by atoms with Crippen LogP contribution in [0.2, 0.25) is 0 Å². The lowest BCUT2D eigenvalue weighted by molar-refractivity contribution is -0.142. The van der Waals surface area contributed by atoms with Crippen LogP contribution in [0.15, 0.2) is 12.1 Å². The molecule has 0 bridgehead atoms. The molecule has 190 valence electrons. The van der Waals surface area contributed by atoms with Gasteiger partial charge in [0.05, 0.1) is 5.92 Å². The first-order valence-electron chi connectivity index (χ1n) is 14.0. The number of rotatable bonds is 21. The number of benzene rings is 1. The van der Waals surface area contributed by atoms with Crippen molar-refractivity contribution < 1.29 is 15.0 Å². The smallest absolute Gasteiger partial charge is 0.306 e. The zero-order chi connectivity index (χ0) is 24.3. The Bertz CT molecular complexity index is 638. The maximum atomic E-state index is 11.8. The van der Waals surface area contributed by atoms with Crippen molar-refractivity contribution in [2.24, 2.45) is 5.92 Å². The van der Waals surface area contributed by atoms with Gasteiger partial charge in [0.2, 0.25) is 0 Å². The first kappa shape index (κ1) is 29.5. The molecule has 2 N–H and O–H groups in total. The lowest BCUT2D eigenvalue weighted by atomic mass is 9.91. The molecule has 0 aromatic heterocycles. The van der Waals surface area contributed by atoms with Crippen molar-refractivity contribution in [3.63, 3.8) is 0 Å². The zero-order valence-electron chi connectivity index (χ0n) is 22.0. The summed E-state index contributed by atoms with van der Waals surface area (Å²) in [6, 6.07) is 3.92. The quantitative estimate of drug-likeness (QED) is 0.180. The molecule has 1 atom stereocenters. The van der Waals surface area contributed by atoms with Gasteiger partial charge in [-0.2, -0.15) is 0 Å². The van der Waals surface area contributed by atoms with Gasteiger partial charge in [-0.15, -0.1) is 0 Å². The molecule has 0 radical (unpaired) electrons. The maximum absolute atomic E-state index is 11.8. The summed E-state index contributed by atoms with van der Waals surface area (Å²) < 4.78 is 0. The number of phenols is 1. The number of phenolic OH excluding ortho intramolecular Hbond substituents is 1. The van der Waals surface area contributed by atoms with Crippen molar-refractivity contribution in [3.05, 3.63) is 28.8 Å². The van der Waals surface area contributed by atoms with Gasteiger partial charge in [0.15, 0.2) is 0 Å². The predicted molar refractivity (Wildman–Crippen MR) is 141 cm³/mol. The van der Waals surface area contributed by atoms with Gasteiger partial charge in [-0.3, -0.25) is 4.79 Å². The Morgan fingerprint density at radius 3 is 1.64 bits per heavy atom. The highest BCUT2D eigenvalue weighted by Crippen LogP contribution is 2.27. The number of aryl methyl sites for hydroxylation is 2. The van der Waals surface area contributed by atoms with Crippen LogP contribution in [0.4, 0.5) is 0 Å². The summed E-state index contributed by atoms with van der Waals surface area (Å²) in [4.78, 5) is 11.8. The molecular weight excluding hydrogens is 408 g/mol. The number of carbonyl (C=O) groups is 1. The van der Waals surface area contributed by atoms with Crippen LogP contribution in [0.1, 0.15) is 140 Å². The molecule has 0 amide bonds. The number of carboxylic acid groups (broad SMARTS) is 1. The predicted octanol–water partition coefficient (Wildman–Crippen LogP) is 9.16. The molecule has 1 unspecified atom stereocenters. The molecule has 0 aliphatic carbocycles. The van der Waals surface area contributed by atoms with E-state index in [1.807, 2.05) is 26.0 Å². The molecule has 0 aliphatic rings. The van der Waals surface area contributed by atoms with Gasteiger partial charge in [-0.25, -0.2) is 0 Å². The number of unbranched alkanes of at least 4 members (excludes halogenated alkanes) is 15. The second-order valence-electron chi connectivity index (χ2n) is 10.1. The van der Waals surface area contributed by atoms with E-state index in [9.17, 15) is 15.0 Å². The van der Waals surface area contributed by atoms with E-state index >= 15 is 0 Å². The largest absolute Gasteiger partial charge is 0.507 e. The first-order chi connectivity index (χ1) is 16.0. The first-order valence-corrected chi connectivity index (χ1v) is 14.0. The van der Waals surface area contributed by atoms with Gasteiger partial charge >= 0.3 is 5.97 Å². The van der Waals surface area contributed by atoms with Crippen LogP contribution in [-0.4, -0.2) is 16.2 Å². The molecule has 0 fully saturated rings. The molecule has 0 saturated carbocycles. The van der Waals surface area contributed by atoms with Gasteiger partial charge in [0.25, 0.3) is 0 Å². The van der Waals surface area contributed by atoms with Crippen molar-refractivity contribution >= 4 is 5.97 Å². The molecule has 1 aromatic carbocycles. The summed E-state index contributed by atoms with van der Waals surface area (Å²) >= 11 is 0. The van der Waals surface area contributed by atoms with Crippen LogP contribution in [-0.2, 0) is 17.6 Å². The summed E-state index contributed by atoms with van der Waals surface area (Å²) in [7, 11) is 0. The lowest BCUT2D eigenvalue weighted by Crippen LogP contribution is -2.16.